The highest BCUT2D eigenvalue weighted by Crippen LogP contribution is 2.34. The normalized spacial score (nSPS) is 11.3. The van der Waals surface area contributed by atoms with Gasteiger partial charge in [0.2, 0.25) is 0 Å². The average molecular weight is 545 g/mol. The minimum Gasteiger partial charge on any atom is -0.341 e. The lowest BCUT2D eigenvalue weighted by atomic mass is 9.85. The Morgan fingerprint density at radius 1 is 1.10 bits per heavy atom. The second-order valence-corrected chi connectivity index (χ2v) is 9.42. The van der Waals surface area contributed by atoms with Gasteiger partial charge in [0.15, 0.2) is 11.5 Å². The molecule has 0 saturated carbocycles. The number of amides is 1. The Morgan fingerprint density at radius 3 is 2.72 bits per heavy atom. The second-order valence-electron chi connectivity index (χ2n) is 9.02. The van der Waals surface area contributed by atoms with Gasteiger partial charge in [-0.3, -0.25) is 4.79 Å². The number of carbonyl (C=O) groups excluding carboxylic acids is 1. The fraction of sp³-hybridized carbons (Fsp3) is 0.111. The van der Waals surface area contributed by atoms with Gasteiger partial charge in [-0.2, -0.15) is 5.26 Å². The van der Waals surface area contributed by atoms with E-state index >= 15 is 4.39 Å². The van der Waals surface area contributed by atoms with Gasteiger partial charge in [-0.15, -0.1) is 0 Å². The Bertz CT molecular complexity index is 1780. The standard InChI is InChI=1S/C27H19ClF2N8O/c1-27(2,11-31)16-10-14(5-6-17(16)28)26(39)37-19-8-7-18(29)22(20(19)30)38-24-15(4-3-9-32-24)21-23-25(35-12-33-21)36-13-34-23/h3-10,12-13H,1-2H3,(H,32,38)(H,37,39)(H,33,34,35,36). The predicted molar refractivity (Wildman–Crippen MR) is 143 cm³/mol. The van der Waals surface area contributed by atoms with E-state index in [1.54, 1.807) is 26.0 Å². The lowest BCUT2D eigenvalue weighted by molar-refractivity contribution is 0.102. The van der Waals surface area contributed by atoms with E-state index in [2.05, 4.69) is 41.6 Å². The summed E-state index contributed by atoms with van der Waals surface area (Å²) in [4.78, 5) is 32.7. The quantitative estimate of drug-likeness (QED) is 0.234. The van der Waals surface area contributed by atoms with Gasteiger partial charge in [-0.25, -0.2) is 28.7 Å². The van der Waals surface area contributed by atoms with Crippen molar-refractivity contribution < 1.29 is 13.6 Å². The van der Waals surface area contributed by atoms with Crippen LogP contribution in [0, 0.1) is 23.0 Å². The second kappa shape index (κ2) is 10.1. The van der Waals surface area contributed by atoms with E-state index in [9.17, 15) is 14.4 Å². The summed E-state index contributed by atoms with van der Waals surface area (Å²) in [6, 6.07) is 12.0. The van der Waals surface area contributed by atoms with Crippen molar-refractivity contribution in [1.82, 2.24) is 24.9 Å². The number of nitrogens with one attached hydrogen (secondary N) is 3. The van der Waals surface area contributed by atoms with E-state index in [0.29, 0.717) is 33.0 Å². The predicted octanol–water partition coefficient (Wildman–Crippen LogP) is 6.14. The van der Waals surface area contributed by atoms with Crippen LogP contribution >= 0.6 is 11.6 Å². The number of benzene rings is 2. The van der Waals surface area contributed by atoms with Crippen LogP contribution < -0.4 is 10.6 Å². The number of fused-ring (bicyclic) bond motifs is 1. The molecule has 1 amide bonds. The number of aromatic amines is 1. The van der Waals surface area contributed by atoms with Crippen LogP contribution in [-0.4, -0.2) is 30.8 Å². The first-order valence-electron chi connectivity index (χ1n) is 11.6. The Kier molecular flexibility index (Phi) is 6.64. The largest absolute Gasteiger partial charge is 0.341 e. The zero-order valence-corrected chi connectivity index (χ0v) is 21.3. The Balaban J connectivity index is 1.48. The van der Waals surface area contributed by atoms with Crippen molar-refractivity contribution >= 4 is 45.9 Å². The van der Waals surface area contributed by atoms with Gasteiger partial charge in [0.05, 0.1) is 23.5 Å². The van der Waals surface area contributed by atoms with Crippen LogP contribution in [0.25, 0.3) is 22.4 Å². The van der Waals surface area contributed by atoms with Crippen molar-refractivity contribution in [1.29, 1.82) is 5.26 Å². The highest BCUT2D eigenvalue weighted by Gasteiger charge is 2.25. The molecule has 0 spiro atoms. The van der Waals surface area contributed by atoms with E-state index in [1.165, 1.54) is 37.1 Å². The maximum atomic E-state index is 15.6. The number of carbonyl (C=O) groups is 1. The van der Waals surface area contributed by atoms with Crippen LogP contribution in [0.5, 0.6) is 0 Å². The Hall–Kier alpha value is -4.95. The molecular formula is C27H19ClF2N8O. The summed E-state index contributed by atoms with van der Waals surface area (Å²) in [6.45, 7) is 3.33. The number of pyridine rings is 1. The summed E-state index contributed by atoms with van der Waals surface area (Å²) in [5.41, 5.74) is 0.652. The summed E-state index contributed by atoms with van der Waals surface area (Å²) in [7, 11) is 0. The number of H-pyrrole nitrogens is 1. The molecule has 3 N–H and O–H groups in total. The van der Waals surface area contributed by atoms with E-state index < -0.39 is 28.6 Å². The maximum Gasteiger partial charge on any atom is 0.255 e. The van der Waals surface area contributed by atoms with Crippen LogP contribution in [0.4, 0.5) is 26.0 Å². The van der Waals surface area contributed by atoms with Crippen molar-refractivity contribution in [3.05, 3.63) is 89.1 Å². The van der Waals surface area contributed by atoms with Crippen LogP contribution in [0.15, 0.2) is 61.3 Å². The third kappa shape index (κ3) is 4.85. The Labute approximate surface area is 225 Å². The molecule has 0 aliphatic carbocycles. The first-order valence-corrected chi connectivity index (χ1v) is 11.9. The average Bonchev–Trinajstić information content (AvgIpc) is 3.42. The van der Waals surface area contributed by atoms with Gasteiger partial charge < -0.3 is 15.6 Å². The topological polar surface area (TPSA) is 132 Å². The number of hydrogen-bond acceptors (Lipinski definition) is 7. The summed E-state index contributed by atoms with van der Waals surface area (Å²) in [5.74, 6) is -2.49. The molecular weight excluding hydrogens is 526 g/mol. The maximum absolute atomic E-state index is 15.6. The molecule has 0 aliphatic heterocycles. The molecule has 0 atom stereocenters. The van der Waals surface area contributed by atoms with Gasteiger partial charge >= 0.3 is 0 Å². The number of nitrogens with zero attached hydrogens (tertiary/aromatic N) is 5. The third-order valence-corrected chi connectivity index (χ3v) is 6.38. The number of halogens is 3. The lowest BCUT2D eigenvalue weighted by Crippen LogP contribution is -2.18. The monoisotopic (exact) mass is 544 g/mol. The Morgan fingerprint density at radius 2 is 1.92 bits per heavy atom. The fourth-order valence-electron chi connectivity index (χ4n) is 3.95. The smallest absolute Gasteiger partial charge is 0.255 e. The molecule has 3 heterocycles. The van der Waals surface area contributed by atoms with E-state index in [1.807, 2.05) is 0 Å². The lowest BCUT2D eigenvalue weighted by Gasteiger charge is -2.19. The summed E-state index contributed by atoms with van der Waals surface area (Å²) >= 11 is 6.24. The van der Waals surface area contributed by atoms with Crippen molar-refractivity contribution in [2.75, 3.05) is 10.6 Å². The molecule has 9 nitrogen and oxygen atoms in total. The van der Waals surface area contributed by atoms with Crippen LogP contribution in [0.2, 0.25) is 5.02 Å². The van der Waals surface area contributed by atoms with Crippen LogP contribution in [0.1, 0.15) is 29.8 Å². The SMILES string of the molecule is CC(C)(C#N)c1cc(C(=O)Nc2ccc(F)c(Nc3ncccc3-c3ncnc4nc[nH]c34)c2F)ccc1Cl. The van der Waals surface area contributed by atoms with Gasteiger partial charge in [0, 0.05) is 22.3 Å². The fourth-order valence-corrected chi connectivity index (χ4v) is 4.30. The molecule has 0 aliphatic rings. The van der Waals surface area contributed by atoms with Crippen LogP contribution in [0.3, 0.4) is 0 Å². The molecule has 39 heavy (non-hydrogen) atoms. The number of hydrogen-bond donors (Lipinski definition) is 3. The van der Waals surface area contributed by atoms with Crippen molar-refractivity contribution in [3.8, 4) is 17.3 Å². The molecule has 12 heteroatoms. The molecule has 5 aromatic rings. The van der Waals surface area contributed by atoms with E-state index in [-0.39, 0.29) is 17.1 Å². The zero-order chi connectivity index (χ0) is 27.7. The molecule has 0 saturated heterocycles. The van der Waals surface area contributed by atoms with Gasteiger partial charge in [0.25, 0.3) is 5.91 Å². The van der Waals surface area contributed by atoms with Gasteiger partial charge in [0.1, 0.15) is 34.9 Å². The summed E-state index contributed by atoms with van der Waals surface area (Å²) < 4.78 is 30.4. The van der Waals surface area contributed by atoms with E-state index in [4.69, 9.17) is 11.6 Å². The van der Waals surface area contributed by atoms with Gasteiger partial charge in [-0.05, 0) is 61.9 Å². The first kappa shape index (κ1) is 25.7. The molecule has 2 aromatic carbocycles. The molecule has 3 aromatic heterocycles. The highest BCUT2D eigenvalue weighted by atomic mass is 35.5. The molecule has 0 radical (unpaired) electrons. The van der Waals surface area contributed by atoms with E-state index in [0.717, 1.165) is 12.1 Å². The number of rotatable bonds is 6. The van der Waals surface area contributed by atoms with Crippen LogP contribution in [-0.2, 0) is 5.41 Å². The number of anilines is 3. The molecule has 194 valence electrons. The van der Waals surface area contributed by atoms with Crippen molar-refractivity contribution in [3.63, 3.8) is 0 Å². The minimum atomic E-state index is -1.04. The highest BCUT2D eigenvalue weighted by molar-refractivity contribution is 6.31. The molecule has 0 fully saturated rings. The molecule has 0 bridgehead atoms. The number of aromatic nitrogens is 5. The van der Waals surface area contributed by atoms with Gasteiger partial charge in [-0.1, -0.05) is 11.6 Å². The molecule has 0 unspecified atom stereocenters. The summed E-state index contributed by atoms with van der Waals surface area (Å²) in [6.07, 6.45) is 4.24. The first-order chi connectivity index (χ1) is 18.7. The number of nitriles is 1. The minimum absolute atomic E-state index is 0.120. The third-order valence-electron chi connectivity index (χ3n) is 6.05. The zero-order valence-electron chi connectivity index (χ0n) is 20.6. The number of imidazole rings is 1. The van der Waals surface area contributed by atoms with Crippen molar-refractivity contribution in [2.45, 2.75) is 19.3 Å². The summed E-state index contributed by atoms with van der Waals surface area (Å²) in [5, 5.41) is 14.9. The van der Waals surface area contributed by atoms with Crippen molar-refractivity contribution in [2.24, 2.45) is 0 Å². The molecule has 5 rings (SSSR count).